The van der Waals surface area contributed by atoms with Crippen molar-refractivity contribution in [2.45, 2.75) is 31.6 Å². The molecular weight excluding hydrogens is 346 g/mol. The van der Waals surface area contributed by atoms with E-state index in [9.17, 15) is 23.3 Å². The maximum absolute atomic E-state index is 12.4. The van der Waals surface area contributed by atoms with Gasteiger partial charge in [0.05, 0.1) is 4.92 Å². The Morgan fingerprint density at radius 1 is 1.16 bits per heavy atom. The third kappa shape index (κ3) is 4.87. The molecule has 0 heterocycles. The number of carbonyl (C=O) groups excluding carboxylic acids is 1. The molecule has 0 N–H and O–H groups in total. The van der Waals surface area contributed by atoms with Gasteiger partial charge in [-0.25, -0.2) is 0 Å². The highest BCUT2D eigenvalue weighted by Crippen LogP contribution is 2.25. The Balaban J connectivity index is 2.23. The van der Waals surface area contributed by atoms with Crippen LogP contribution < -0.4 is 4.18 Å². The Hall–Kier alpha value is -2.74. The van der Waals surface area contributed by atoms with Crippen molar-refractivity contribution >= 4 is 21.6 Å². The maximum Gasteiger partial charge on any atom is 0.339 e. The molecule has 0 spiro atoms. The number of hydrogen-bond donors (Lipinski definition) is 0. The Kier molecular flexibility index (Phi) is 5.53. The number of Topliss-reactive ketones (excluding diaryl/α,β-unsaturated/α-hetero) is 1. The summed E-state index contributed by atoms with van der Waals surface area (Å²) in [5.74, 6) is 0.168. The lowest BCUT2D eigenvalue weighted by Gasteiger charge is -2.10. The SMILES string of the molecule is CC(=O)CCc1ccc(OS(=O)(=O)c2cc([N+](=O)[O-])ccc2C)cc1. The maximum atomic E-state index is 12.4. The molecule has 0 aliphatic rings. The molecule has 0 radical (unpaired) electrons. The van der Waals surface area contributed by atoms with Crippen LogP contribution in [-0.4, -0.2) is 19.1 Å². The lowest BCUT2D eigenvalue weighted by molar-refractivity contribution is -0.385. The van der Waals surface area contributed by atoms with Crippen LogP contribution in [0.5, 0.6) is 5.75 Å². The normalized spacial score (nSPS) is 11.1. The van der Waals surface area contributed by atoms with Crippen LogP contribution in [0.4, 0.5) is 5.69 Å². The Bertz CT molecular complexity index is 903. The standard InChI is InChI=1S/C17H17NO6S/c1-12-3-8-15(18(20)21)11-17(12)25(22,23)24-16-9-6-14(7-10-16)5-4-13(2)19/h3,6-11H,4-5H2,1-2H3. The summed E-state index contributed by atoms with van der Waals surface area (Å²) in [6.45, 7) is 3.04. The summed E-state index contributed by atoms with van der Waals surface area (Å²) in [7, 11) is -4.20. The van der Waals surface area contributed by atoms with E-state index in [0.29, 0.717) is 18.4 Å². The summed E-state index contributed by atoms with van der Waals surface area (Å²) >= 11 is 0. The summed E-state index contributed by atoms with van der Waals surface area (Å²) in [5.41, 5.74) is 0.905. The van der Waals surface area contributed by atoms with Crippen LogP contribution in [0.2, 0.25) is 0 Å². The number of hydrogen-bond acceptors (Lipinski definition) is 6. The van der Waals surface area contributed by atoms with Gasteiger partial charge < -0.3 is 8.98 Å². The number of carbonyl (C=O) groups is 1. The van der Waals surface area contributed by atoms with Gasteiger partial charge in [0, 0.05) is 18.6 Å². The van der Waals surface area contributed by atoms with Crippen molar-refractivity contribution in [2.75, 3.05) is 0 Å². The molecule has 2 rings (SSSR count). The molecule has 0 aromatic heterocycles. The number of rotatable bonds is 7. The second-order valence-corrected chi connectivity index (χ2v) is 7.11. The van der Waals surface area contributed by atoms with Gasteiger partial charge in [0.2, 0.25) is 0 Å². The molecule has 2 aromatic rings. The van der Waals surface area contributed by atoms with Gasteiger partial charge in [-0.2, -0.15) is 8.42 Å². The molecule has 0 fully saturated rings. The molecule has 0 bridgehead atoms. The third-order valence-electron chi connectivity index (χ3n) is 3.55. The number of ketones is 1. The topological polar surface area (TPSA) is 104 Å². The smallest absolute Gasteiger partial charge is 0.339 e. The Morgan fingerprint density at radius 3 is 2.36 bits per heavy atom. The molecule has 2 aromatic carbocycles. The van der Waals surface area contributed by atoms with Gasteiger partial charge in [-0.05, 0) is 43.5 Å². The lowest BCUT2D eigenvalue weighted by Crippen LogP contribution is -2.11. The van der Waals surface area contributed by atoms with E-state index in [1.165, 1.54) is 38.1 Å². The fourth-order valence-corrected chi connectivity index (χ4v) is 3.36. The fourth-order valence-electron chi connectivity index (χ4n) is 2.18. The summed E-state index contributed by atoms with van der Waals surface area (Å²) in [6, 6.07) is 9.89. The van der Waals surface area contributed by atoms with E-state index < -0.39 is 15.0 Å². The molecule has 0 atom stereocenters. The van der Waals surface area contributed by atoms with E-state index in [1.54, 1.807) is 12.1 Å². The minimum atomic E-state index is -4.20. The number of nitro groups is 1. The van der Waals surface area contributed by atoms with Crippen LogP contribution in [0.15, 0.2) is 47.4 Å². The number of aryl methyl sites for hydroxylation is 2. The molecule has 8 heteroatoms. The molecule has 0 aliphatic carbocycles. The predicted molar refractivity (Wildman–Crippen MR) is 91.1 cm³/mol. The number of non-ortho nitro benzene ring substituents is 1. The van der Waals surface area contributed by atoms with E-state index in [1.807, 2.05) is 0 Å². The van der Waals surface area contributed by atoms with E-state index >= 15 is 0 Å². The molecule has 0 aliphatic heterocycles. The first-order valence-corrected chi connectivity index (χ1v) is 8.88. The zero-order valence-electron chi connectivity index (χ0n) is 13.8. The first kappa shape index (κ1) is 18.6. The lowest BCUT2D eigenvalue weighted by atomic mass is 10.1. The monoisotopic (exact) mass is 363 g/mol. The first-order chi connectivity index (χ1) is 11.7. The van der Waals surface area contributed by atoms with Gasteiger partial charge in [0.25, 0.3) is 5.69 Å². The van der Waals surface area contributed by atoms with Crippen molar-refractivity contribution in [1.29, 1.82) is 0 Å². The molecule has 0 saturated heterocycles. The summed E-state index contributed by atoms with van der Waals surface area (Å²) in [6.07, 6.45) is 0.970. The average Bonchev–Trinajstić information content (AvgIpc) is 2.53. The number of nitro benzene ring substituents is 1. The van der Waals surface area contributed by atoms with Crippen LogP contribution in [0.3, 0.4) is 0 Å². The van der Waals surface area contributed by atoms with Gasteiger partial charge >= 0.3 is 10.1 Å². The zero-order chi connectivity index (χ0) is 18.6. The highest BCUT2D eigenvalue weighted by Gasteiger charge is 2.22. The highest BCUT2D eigenvalue weighted by atomic mass is 32.2. The predicted octanol–water partition coefficient (Wildman–Crippen LogP) is 3.19. The average molecular weight is 363 g/mol. The fraction of sp³-hybridized carbons (Fsp3) is 0.235. The second-order valence-electron chi connectivity index (χ2n) is 5.59. The summed E-state index contributed by atoms with van der Waals surface area (Å²) in [5, 5.41) is 10.8. The van der Waals surface area contributed by atoms with Crippen molar-refractivity contribution in [3.8, 4) is 5.75 Å². The van der Waals surface area contributed by atoms with Crippen LogP contribution >= 0.6 is 0 Å². The summed E-state index contributed by atoms with van der Waals surface area (Å²) < 4.78 is 29.9. The van der Waals surface area contributed by atoms with Crippen LogP contribution in [0.1, 0.15) is 24.5 Å². The van der Waals surface area contributed by atoms with Gasteiger partial charge in [-0.1, -0.05) is 18.2 Å². The van der Waals surface area contributed by atoms with E-state index in [-0.39, 0.29) is 22.1 Å². The minimum Gasteiger partial charge on any atom is -0.379 e. The van der Waals surface area contributed by atoms with Crippen molar-refractivity contribution in [3.05, 3.63) is 63.7 Å². The third-order valence-corrected chi connectivity index (χ3v) is 4.94. The Morgan fingerprint density at radius 2 is 1.80 bits per heavy atom. The molecule has 0 saturated carbocycles. The molecule has 0 unspecified atom stereocenters. The Labute approximate surface area is 145 Å². The van der Waals surface area contributed by atoms with Gasteiger partial charge in [0.15, 0.2) is 0 Å². The van der Waals surface area contributed by atoms with Crippen molar-refractivity contribution in [2.24, 2.45) is 0 Å². The molecule has 7 nitrogen and oxygen atoms in total. The van der Waals surface area contributed by atoms with E-state index in [0.717, 1.165) is 11.6 Å². The minimum absolute atomic E-state index is 0.0732. The molecule has 0 amide bonds. The highest BCUT2D eigenvalue weighted by molar-refractivity contribution is 7.87. The number of benzene rings is 2. The first-order valence-electron chi connectivity index (χ1n) is 7.47. The van der Waals surface area contributed by atoms with Gasteiger partial charge in [-0.3, -0.25) is 10.1 Å². The zero-order valence-corrected chi connectivity index (χ0v) is 14.6. The molecule has 25 heavy (non-hydrogen) atoms. The van der Waals surface area contributed by atoms with Gasteiger partial charge in [-0.15, -0.1) is 0 Å². The largest absolute Gasteiger partial charge is 0.379 e. The van der Waals surface area contributed by atoms with Crippen LogP contribution in [0, 0.1) is 17.0 Å². The second kappa shape index (κ2) is 7.43. The quantitative estimate of drug-likeness (QED) is 0.425. The van der Waals surface area contributed by atoms with Crippen molar-refractivity contribution in [3.63, 3.8) is 0 Å². The van der Waals surface area contributed by atoms with E-state index in [2.05, 4.69) is 0 Å². The molecule has 132 valence electrons. The number of nitrogens with zero attached hydrogens (tertiary/aromatic N) is 1. The molecular formula is C17H17NO6S. The van der Waals surface area contributed by atoms with E-state index in [4.69, 9.17) is 4.18 Å². The van der Waals surface area contributed by atoms with Crippen molar-refractivity contribution < 1.29 is 22.3 Å². The van der Waals surface area contributed by atoms with Crippen LogP contribution in [0.25, 0.3) is 0 Å². The van der Waals surface area contributed by atoms with Crippen LogP contribution in [-0.2, 0) is 21.3 Å². The van der Waals surface area contributed by atoms with Gasteiger partial charge in [0.1, 0.15) is 16.4 Å². The van der Waals surface area contributed by atoms with Crippen molar-refractivity contribution in [1.82, 2.24) is 0 Å². The summed E-state index contributed by atoms with van der Waals surface area (Å²) in [4.78, 5) is 20.9.